The Morgan fingerprint density at radius 3 is 2.57 bits per heavy atom. The van der Waals surface area contributed by atoms with Gasteiger partial charge in [-0.05, 0) is 42.7 Å². The van der Waals surface area contributed by atoms with E-state index >= 15 is 0 Å². The fourth-order valence-electron chi connectivity index (χ4n) is 4.27. The van der Waals surface area contributed by atoms with Crippen molar-refractivity contribution in [1.29, 1.82) is 0 Å². The Bertz CT molecular complexity index is 1230. The lowest BCUT2D eigenvalue weighted by molar-refractivity contribution is -0.131. The van der Waals surface area contributed by atoms with E-state index in [-0.39, 0.29) is 17.6 Å². The minimum atomic E-state index is -0.0747. The molecule has 0 unspecified atom stereocenters. The molecule has 3 heterocycles. The van der Waals surface area contributed by atoms with Crippen LogP contribution in [0.2, 0.25) is 0 Å². The van der Waals surface area contributed by atoms with E-state index in [0.29, 0.717) is 19.5 Å². The van der Waals surface area contributed by atoms with Crippen molar-refractivity contribution in [2.75, 3.05) is 13.1 Å². The molecule has 0 aliphatic carbocycles. The number of hydrogen-bond donors (Lipinski definition) is 1. The van der Waals surface area contributed by atoms with E-state index in [2.05, 4.69) is 10.1 Å². The van der Waals surface area contributed by atoms with Crippen LogP contribution in [0.3, 0.4) is 0 Å². The monoisotopic (exact) mass is 401 g/mol. The second kappa shape index (κ2) is 7.67. The first-order chi connectivity index (χ1) is 14.7. The summed E-state index contributed by atoms with van der Waals surface area (Å²) in [7, 11) is 0. The van der Waals surface area contributed by atoms with Crippen LogP contribution in [0.1, 0.15) is 24.4 Å². The number of carbonyl (C=O) groups excluding carboxylic acids is 1. The van der Waals surface area contributed by atoms with Gasteiger partial charge in [0.15, 0.2) is 0 Å². The van der Waals surface area contributed by atoms with Gasteiger partial charge in [-0.15, -0.1) is 0 Å². The van der Waals surface area contributed by atoms with E-state index < -0.39 is 0 Å². The summed E-state index contributed by atoms with van der Waals surface area (Å²) in [5, 5.41) is 4.37. The largest absolute Gasteiger partial charge is 0.342 e. The number of fused-ring (bicyclic) bond motifs is 1. The molecule has 1 saturated heterocycles. The van der Waals surface area contributed by atoms with Crippen molar-refractivity contribution in [3.63, 3.8) is 0 Å². The van der Waals surface area contributed by atoms with E-state index in [1.807, 2.05) is 70.3 Å². The molecule has 1 aliphatic heterocycles. The van der Waals surface area contributed by atoms with Crippen molar-refractivity contribution in [3.05, 3.63) is 83.0 Å². The van der Waals surface area contributed by atoms with Crippen LogP contribution in [-0.4, -0.2) is 43.2 Å². The Hall–Kier alpha value is -3.61. The van der Waals surface area contributed by atoms with Crippen molar-refractivity contribution < 1.29 is 4.79 Å². The molecule has 152 valence electrons. The van der Waals surface area contributed by atoms with Gasteiger partial charge in [0.25, 0.3) is 0 Å². The van der Waals surface area contributed by atoms with Crippen molar-refractivity contribution in [1.82, 2.24) is 24.2 Å². The smallest absolute Gasteiger partial charge is 0.326 e. The molecule has 4 aromatic rings. The summed E-state index contributed by atoms with van der Waals surface area (Å²) in [5.74, 6) is 0.104. The predicted octanol–water partition coefficient (Wildman–Crippen LogP) is 2.92. The van der Waals surface area contributed by atoms with Crippen molar-refractivity contribution in [2.24, 2.45) is 0 Å². The topological polar surface area (TPSA) is 75.9 Å². The number of piperidine rings is 1. The number of nitrogens with zero attached hydrogens (tertiary/aromatic N) is 4. The molecule has 30 heavy (non-hydrogen) atoms. The van der Waals surface area contributed by atoms with Gasteiger partial charge < -0.3 is 9.88 Å². The van der Waals surface area contributed by atoms with Crippen molar-refractivity contribution in [3.8, 4) is 5.69 Å². The van der Waals surface area contributed by atoms with Gasteiger partial charge >= 0.3 is 5.69 Å². The molecule has 1 aliphatic rings. The van der Waals surface area contributed by atoms with Crippen LogP contribution in [0.25, 0.3) is 16.7 Å². The number of para-hydroxylation sites is 3. The van der Waals surface area contributed by atoms with Crippen LogP contribution in [-0.2, 0) is 11.2 Å². The zero-order valence-corrected chi connectivity index (χ0v) is 16.6. The van der Waals surface area contributed by atoms with Gasteiger partial charge in [0.05, 0.1) is 29.3 Å². The van der Waals surface area contributed by atoms with E-state index in [1.165, 1.54) is 0 Å². The van der Waals surface area contributed by atoms with Crippen LogP contribution in [0.15, 0.2) is 71.8 Å². The molecule has 5 rings (SSSR count). The number of aromatic amines is 1. The number of hydrogen-bond acceptors (Lipinski definition) is 3. The quantitative estimate of drug-likeness (QED) is 0.571. The molecule has 1 N–H and O–H groups in total. The maximum atomic E-state index is 12.8. The van der Waals surface area contributed by atoms with Crippen LogP contribution in [0, 0.1) is 0 Å². The van der Waals surface area contributed by atoms with Crippen LogP contribution < -0.4 is 5.69 Å². The number of nitrogens with one attached hydrogen (secondary N) is 1. The number of carbonyl (C=O) groups is 1. The Morgan fingerprint density at radius 1 is 1.03 bits per heavy atom. The Labute approximate surface area is 173 Å². The second-order valence-electron chi connectivity index (χ2n) is 7.73. The number of imidazole rings is 1. The van der Waals surface area contributed by atoms with Gasteiger partial charge in [-0.1, -0.05) is 30.3 Å². The maximum absolute atomic E-state index is 12.8. The summed E-state index contributed by atoms with van der Waals surface area (Å²) in [5.41, 5.74) is 3.59. The minimum absolute atomic E-state index is 0.0747. The minimum Gasteiger partial charge on any atom is -0.342 e. The highest BCUT2D eigenvalue weighted by molar-refractivity contribution is 5.79. The standard InChI is InChI=1S/C23H23N5O2/c29-22(14-17-15-24-27(16-17)18-6-2-1-3-7-18)26-12-10-19(11-13-26)28-21-9-5-4-8-20(21)25-23(28)30/h1-9,15-16,19H,10-14H2,(H,25,30). The first kappa shape index (κ1) is 18.4. The first-order valence-corrected chi connectivity index (χ1v) is 10.2. The van der Waals surface area contributed by atoms with Gasteiger partial charge in [-0.2, -0.15) is 5.10 Å². The number of aromatic nitrogens is 4. The van der Waals surface area contributed by atoms with E-state index in [1.54, 1.807) is 10.9 Å². The number of H-pyrrole nitrogens is 1. The van der Waals surface area contributed by atoms with Crippen molar-refractivity contribution >= 4 is 16.9 Å². The summed E-state index contributed by atoms with van der Waals surface area (Å²) in [4.78, 5) is 30.1. The number of likely N-dealkylation sites (tertiary alicyclic amines) is 1. The average Bonchev–Trinajstić information content (AvgIpc) is 3.38. The molecule has 0 spiro atoms. The normalized spacial score (nSPS) is 15.0. The molecule has 0 bridgehead atoms. The fourth-order valence-corrected chi connectivity index (χ4v) is 4.27. The third kappa shape index (κ3) is 3.43. The summed E-state index contributed by atoms with van der Waals surface area (Å²) in [6.07, 6.45) is 5.55. The Kier molecular flexibility index (Phi) is 4.71. The van der Waals surface area contributed by atoms with Gasteiger partial charge in [0, 0.05) is 25.3 Å². The molecule has 2 aromatic heterocycles. The van der Waals surface area contributed by atoms with Gasteiger partial charge in [0.2, 0.25) is 5.91 Å². The number of benzene rings is 2. The molecular weight excluding hydrogens is 378 g/mol. The predicted molar refractivity (Wildman–Crippen MR) is 115 cm³/mol. The molecule has 1 fully saturated rings. The summed E-state index contributed by atoms with van der Waals surface area (Å²) >= 11 is 0. The Morgan fingerprint density at radius 2 is 1.77 bits per heavy atom. The molecule has 0 radical (unpaired) electrons. The molecular formula is C23H23N5O2. The fraction of sp³-hybridized carbons (Fsp3) is 0.261. The summed E-state index contributed by atoms with van der Waals surface area (Å²) in [6.45, 7) is 1.31. The molecule has 1 amide bonds. The van der Waals surface area contributed by atoms with Gasteiger partial charge in [-0.25, -0.2) is 9.48 Å². The highest BCUT2D eigenvalue weighted by Gasteiger charge is 2.26. The molecule has 7 heteroatoms. The highest BCUT2D eigenvalue weighted by atomic mass is 16.2. The third-order valence-electron chi connectivity index (χ3n) is 5.82. The SMILES string of the molecule is O=C(Cc1cnn(-c2ccccc2)c1)N1CCC(n2c(=O)[nH]c3ccccc32)CC1. The highest BCUT2D eigenvalue weighted by Crippen LogP contribution is 2.25. The van der Waals surface area contributed by atoms with Gasteiger partial charge in [0.1, 0.15) is 0 Å². The number of rotatable bonds is 4. The molecule has 0 atom stereocenters. The molecule has 0 saturated carbocycles. The van der Waals surface area contributed by atoms with Crippen LogP contribution >= 0.6 is 0 Å². The van der Waals surface area contributed by atoms with Crippen LogP contribution in [0.5, 0.6) is 0 Å². The lowest BCUT2D eigenvalue weighted by Gasteiger charge is -2.32. The zero-order valence-electron chi connectivity index (χ0n) is 16.6. The molecule has 7 nitrogen and oxygen atoms in total. The number of amides is 1. The zero-order chi connectivity index (χ0) is 20.5. The van der Waals surface area contributed by atoms with E-state index in [9.17, 15) is 9.59 Å². The van der Waals surface area contributed by atoms with Crippen LogP contribution in [0.4, 0.5) is 0 Å². The average molecular weight is 401 g/mol. The Balaban J connectivity index is 1.24. The van der Waals surface area contributed by atoms with E-state index in [0.717, 1.165) is 35.1 Å². The maximum Gasteiger partial charge on any atom is 0.326 e. The second-order valence-corrected chi connectivity index (χ2v) is 7.73. The first-order valence-electron chi connectivity index (χ1n) is 10.2. The summed E-state index contributed by atoms with van der Waals surface area (Å²) < 4.78 is 3.64. The lowest BCUT2D eigenvalue weighted by Crippen LogP contribution is -2.41. The summed E-state index contributed by atoms with van der Waals surface area (Å²) in [6, 6.07) is 17.7. The van der Waals surface area contributed by atoms with Crippen molar-refractivity contribution in [2.45, 2.75) is 25.3 Å². The molecule has 2 aromatic carbocycles. The van der Waals surface area contributed by atoms with Gasteiger partial charge in [-0.3, -0.25) is 9.36 Å². The third-order valence-corrected chi connectivity index (χ3v) is 5.82. The lowest BCUT2D eigenvalue weighted by atomic mass is 10.0. The van der Waals surface area contributed by atoms with E-state index in [4.69, 9.17) is 0 Å².